The van der Waals surface area contributed by atoms with E-state index in [1.165, 1.54) is 0 Å². The number of hydrogen-bond donors (Lipinski definition) is 0. The Balaban J connectivity index is 2.47. The maximum Gasteiger partial charge on any atom is 0.255 e. The normalized spacial score (nSPS) is 12.8. The first-order valence-electron chi connectivity index (χ1n) is 8.21. The predicted molar refractivity (Wildman–Crippen MR) is 93.7 cm³/mol. The lowest BCUT2D eigenvalue weighted by Crippen LogP contribution is -2.35. The van der Waals surface area contributed by atoms with Gasteiger partial charge < -0.3 is 4.90 Å². The molecule has 0 N–H and O–H groups in total. The molecule has 0 saturated heterocycles. The van der Waals surface area contributed by atoms with Gasteiger partial charge in [0.1, 0.15) is 17.3 Å². The summed E-state index contributed by atoms with van der Waals surface area (Å²) in [5.41, 5.74) is -1.65. The molecule has 0 aliphatic rings. The molecule has 0 spiro atoms. The van der Waals surface area contributed by atoms with Crippen LogP contribution < -0.4 is 4.90 Å². The lowest BCUT2D eigenvalue weighted by Gasteiger charge is -2.31. The van der Waals surface area contributed by atoms with Gasteiger partial charge in [-0.2, -0.15) is 19.6 Å². The molecule has 3 aromatic rings. The molecule has 2 heterocycles. The molecule has 0 saturated carbocycles. The van der Waals surface area contributed by atoms with Gasteiger partial charge in [-0.1, -0.05) is 25.4 Å². The third kappa shape index (κ3) is 2.95. The van der Waals surface area contributed by atoms with Crippen LogP contribution in [0.1, 0.15) is 20.8 Å². The highest BCUT2D eigenvalue weighted by Crippen LogP contribution is 2.41. The van der Waals surface area contributed by atoms with Gasteiger partial charge in [0.05, 0.1) is 11.1 Å². The standard InChI is InChI=1S/C17H15ClF5N5/c1-6(2)7(3)27(4)16-9(15(18)26-17-24-5-25-28(16)17)8-10(19)12(21)14(23)13(22)11(8)20/h5-7H,1-4H3. The van der Waals surface area contributed by atoms with E-state index in [9.17, 15) is 22.0 Å². The number of benzene rings is 1. The lowest BCUT2D eigenvalue weighted by molar-refractivity contribution is 0.381. The van der Waals surface area contributed by atoms with Gasteiger partial charge in [-0.3, -0.25) is 0 Å². The molecule has 5 nitrogen and oxygen atoms in total. The van der Waals surface area contributed by atoms with E-state index in [-0.39, 0.29) is 23.6 Å². The first-order valence-corrected chi connectivity index (χ1v) is 8.59. The summed E-state index contributed by atoms with van der Waals surface area (Å²) in [7, 11) is 1.59. The van der Waals surface area contributed by atoms with Crippen molar-refractivity contribution in [3.8, 4) is 11.1 Å². The van der Waals surface area contributed by atoms with Crippen LogP contribution in [0.15, 0.2) is 6.33 Å². The average Bonchev–Trinajstić information content (AvgIpc) is 3.11. The Labute approximate surface area is 161 Å². The van der Waals surface area contributed by atoms with Crippen molar-refractivity contribution >= 4 is 23.2 Å². The predicted octanol–water partition coefficient (Wildman–Crippen LogP) is 4.62. The van der Waals surface area contributed by atoms with Crippen LogP contribution in [0.2, 0.25) is 5.15 Å². The van der Waals surface area contributed by atoms with Crippen molar-refractivity contribution in [1.82, 2.24) is 19.6 Å². The quantitative estimate of drug-likeness (QED) is 0.268. The molecule has 0 bridgehead atoms. The molecule has 3 rings (SSSR count). The number of halogens is 6. The number of fused-ring (bicyclic) bond motifs is 1. The topological polar surface area (TPSA) is 46.3 Å². The Bertz CT molecular complexity index is 1040. The van der Waals surface area contributed by atoms with Crippen molar-refractivity contribution < 1.29 is 22.0 Å². The minimum absolute atomic E-state index is 0.00286. The van der Waals surface area contributed by atoms with Crippen LogP contribution in [0.25, 0.3) is 16.9 Å². The molecule has 0 aliphatic carbocycles. The summed E-state index contributed by atoms with van der Waals surface area (Å²) in [5.74, 6) is -10.3. The highest BCUT2D eigenvalue weighted by molar-refractivity contribution is 6.33. The second-order valence-corrected chi connectivity index (χ2v) is 6.97. The summed E-state index contributed by atoms with van der Waals surface area (Å²) in [6.45, 7) is 5.63. The van der Waals surface area contributed by atoms with Crippen LogP contribution >= 0.6 is 11.6 Å². The van der Waals surface area contributed by atoms with E-state index in [0.29, 0.717) is 0 Å². The second kappa shape index (κ2) is 7.16. The van der Waals surface area contributed by atoms with Gasteiger partial charge in [-0.05, 0) is 12.8 Å². The van der Waals surface area contributed by atoms with Gasteiger partial charge in [-0.25, -0.2) is 22.0 Å². The molecule has 0 amide bonds. The summed E-state index contributed by atoms with van der Waals surface area (Å²) < 4.78 is 71.3. The Hall–Kier alpha value is -2.49. The molecule has 0 aliphatic heterocycles. The first-order chi connectivity index (χ1) is 13.1. The van der Waals surface area contributed by atoms with Crippen LogP contribution in [0.3, 0.4) is 0 Å². The summed E-state index contributed by atoms with van der Waals surface area (Å²) >= 11 is 6.13. The van der Waals surface area contributed by atoms with Crippen LogP contribution in [0.5, 0.6) is 0 Å². The Morgan fingerprint density at radius 1 is 0.929 bits per heavy atom. The molecule has 1 aromatic carbocycles. The highest BCUT2D eigenvalue weighted by atomic mass is 35.5. The zero-order chi connectivity index (χ0) is 20.9. The van der Waals surface area contributed by atoms with E-state index >= 15 is 0 Å². The zero-order valence-electron chi connectivity index (χ0n) is 15.2. The van der Waals surface area contributed by atoms with E-state index in [4.69, 9.17) is 11.6 Å². The van der Waals surface area contributed by atoms with Gasteiger partial charge in [0.15, 0.2) is 23.3 Å². The Kier molecular flexibility index (Phi) is 5.18. The summed E-state index contributed by atoms with van der Waals surface area (Å²) in [6.07, 6.45) is 1.14. The molecule has 0 fully saturated rings. The maximum absolute atomic E-state index is 14.5. The van der Waals surface area contributed by atoms with Crippen molar-refractivity contribution in [2.24, 2.45) is 5.92 Å². The smallest absolute Gasteiger partial charge is 0.255 e. The molecule has 11 heteroatoms. The molecule has 1 atom stereocenters. The van der Waals surface area contributed by atoms with Gasteiger partial charge in [0.25, 0.3) is 5.78 Å². The Morgan fingerprint density at radius 2 is 1.46 bits per heavy atom. The van der Waals surface area contributed by atoms with E-state index in [1.807, 2.05) is 20.8 Å². The Morgan fingerprint density at radius 3 is 2.00 bits per heavy atom. The van der Waals surface area contributed by atoms with Crippen molar-refractivity contribution in [2.75, 3.05) is 11.9 Å². The SMILES string of the molecule is CC(C)C(C)N(C)c1c(-c2c(F)c(F)c(F)c(F)c2F)c(Cl)nc2ncnn12. The minimum Gasteiger partial charge on any atom is -0.356 e. The van der Waals surface area contributed by atoms with Crippen molar-refractivity contribution in [1.29, 1.82) is 0 Å². The van der Waals surface area contributed by atoms with Crippen molar-refractivity contribution in [3.05, 3.63) is 40.6 Å². The van der Waals surface area contributed by atoms with E-state index < -0.39 is 45.4 Å². The molecule has 28 heavy (non-hydrogen) atoms. The van der Waals surface area contributed by atoms with Gasteiger partial charge >= 0.3 is 0 Å². The third-order valence-electron chi connectivity index (χ3n) is 4.73. The molecule has 150 valence electrons. The molecule has 0 radical (unpaired) electrons. The summed E-state index contributed by atoms with van der Waals surface area (Å²) in [4.78, 5) is 9.35. The molecular weight excluding hydrogens is 405 g/mol. The highest BCUT2D eigenvalue weighted by Gasteiger charge is 2.33. The summed E-state index contributed by atoms with van der Waals surface area (Å²) in [6, 6.07) is -0.217. The van der Waals surface area contributed by atoms with Gasteiger partial charge in [0, 0.05) is 13.1 Å². The average molecular weight is 420 g/mol. The minimum atomic E-state index is -2.25. The third-order valence-corrected chi connectivity index (χ3v) is 5.00. The van der Waals surface area contributed by atoms with E-state index in [2.05, 4.69) is 15.1 Å². The molecule has 1 unspecified atom stereocenters. The number of nitrogens with zero attached hydrogens (tertiary/aromatic N) is 5. The fourth-order valence-corrected chi connectivity index (χ4v) is 3.06. The summed E-state index contributed by atoms with van der Waals surface area (Å²) in [5, 5.41) is 3.50. The fourth-order valence-electron chi connectivity index (χ4n) is 2.81. The first kappa shape index (κ1) is 20.2. The number of aromatic nitrogens is 4. The molecular formula is C17H15ClF5N5. The largest absolute Gasteiger partial charge is 0.356 e. The maximum atomic E-state index is 14.5. The van der Waals surface area contributed by atoms with Crippen molar-refractivity contribution in [2.45, 2.75) is 26.8 Å². The van der Waals surface area contributed by atoms with Gasteiger partial charge in [0.2, 0.25) is 5.82 Å². The van der Waals surface area contributed by atoms with Crippen LogP contribution in [-0.2, 0) is 0 Å². The second-order valence-electron chi connectivity index (χ2n) is 6.61. The fraction of sp³-hybridized carbons (Fsp3) is 0.353. The molecule has 2 aromatic heterocycles. The van der Waals surface area contributed by atoms with E-state index in [0.717, 1.165) is 10.8 Å². The van der Waals surface area contributed by atoms with Crippen LogP contribution in [0, 0.1) is 35.0 Å². The monoisotopic (exact) mass is 419 g/mol. The van der Waals surface area contributed by atoms with Crippen molar-refractivity contribution in [3.63, 3.8) is 0 Å². The number of anilines is 1. The lowest BCUT2D eigenvalue weighted by atomic mass is 10.0. The number of hydrogen-bond acceptors (Lipinski definition) is 4. The van der Waals surface area contributed by atoms with Crippen LogP contribution in [0.4, 0.5) is 27.8 Å². The van der Waals surface area contributed by atoms with Gasteiger partial charge in [-0.15, -0.1) is 0 Å². The number of rotatable bonds is 4. The van der Waals surface area contributed by atoms with Crippen LogP contribution in [-0.4, -0.2) is 32.7 Å². The van der Waals surface area contributed by atoms with E-state index in [1.54, 1.807) is 11.9 Å². The zero-order valence-corrected chi connectivity index (χ0v) is 16.0.